The molecular formula is C15H18O. The van der Waals surface area contributed by atoms with Gasteiger partial charge in [-0.2, -0.15) is 0 Å². The lowest BCUT2D eigenvalue weighted by Crippen LogP contribution is -2.20. The lowest BCUT2D eigenvalue weighted by molar-refractivity contribution is -0.119. The zero-order chi connectivity index (χ0) is 10.9. The molecule has 5 atom stereocenters. The number of hydrogen-bond donors (Lipinski definition) is 0. The lowest BCUT2D eigenvalue weighted by Gasteiger charge is -2.21. The van der Waals surface area contributed by atoms with Gasteiger partial charge in [0.05, 0.1) is 0 Å². The van der Waals surface area contributed by atoms with Gasteiger partial charge >= 0.3 is 0 Å². The predicted molar refractivity (Wildman–Crippen MR) is 62.7 cm³/mol. The summed E-state index contributed by atoms with van der Waals surface area (Å²) >= 11 is 0. The standard InChI is InChI=1S/C15H18O/c1-8-12(6-9-2-3-9)15(16)14-11-5-4-10(7-11)13(8)14/h4-6,8-11,13-14H,2-3,7H2,1H3/b12-6-/t8-,10-,11+,13-,14+/m1/s1. The molecule has 0 saturated heterocycles. The number of ketones is 1. The van der Waals surface area contributed by atoms with Crippen LogP contribution in [0.4, 0.5) is 0 Å². The molecule has 0 aliphatic heterocycles. The van der Waals surface area contributed by atoms with Crippen molar-refractivity contribution in [3.05, 3.63) is 23.8 Å². The quantitative estimate of drug-likeness (QED) is 0.484. The summed E-state index contributed by atoms with van der Waals surface area (Å²) < 4.78 is 0. The van der Waals surface area contributed by atoms with Crippen LogP contribution in [0.3, 0.4) is 0 Å². The van der Waals surface area contributed by atoms with Crippen molar-refractivity contribution < 1.29 is 4.79 Å². The topological polar surface area (TPSA) is 17.1 Å². The van der Waals surface area contributed by atoms with Gasteiger partial charge in [0, 0.05) is 5.92 Å². The maximum atomic E-state index is 12.4. The van der Waals surface area contributed by atoms with Gasteiger partial charge in [0.25, 0.3) is 0 Å². The Balaban J connectivity index is 1.73. The number of fused-ring (bicyclic) bond motifs is 5. The molecule has 0 amide bonds. The van der Waals surface area contributed by atoms with Crippen molar-refractivity contribution in [1.29, 1.82) is 0 Å². The molecule has 3 saturated carbocycles. The fraction of sp³-hybridized carbons (Fsp3) is 0.667. The van der Waals surface area contributed by atoms with E-state index >= 15 is 0 Å². The molecule has 0 aromatic rings. The summed E-state index contributed by atoms with van der Waals surface area (Å²) in [6.07, 6.45) is 10.9. The van der Waals surface area contributed by atoms with Gasteiger partial charge in [-0.1, -0.05) is 25.2 Å². The van der Waals surface area contributed by atoms with Crippen LogP contribution in [0.2, 0.25) is 0 Å². The van der Waals surface area contributed by atoms with E-state index in [1.807, 2.05) is 0 Å². The molecule has 0 N–H and O–H groups in total. The summed E-state index contributed by atoms with van der Waals surface area (Å²) in [6.45, 7) is 2.28. The monoisotopic (exact) mass is 214 g/mol. The van der Waals surface area contributed by atoms with Crippen LogP contribution in [0.15, 0.2) is 23.8 Å². The summed E-state index contributed by atoms with van der Waals surface area (Å²) in [4.78, 5) is 12.4. The maximum Gasteiger partial charge on any atom is 0.162 e. The highest BCUT2D eigenvalue weighted by Crippen LogP contribution is 2.58. The van der Waals surface area contributed by atoms with Crippen molar-refractivity contribution in [1.82, 2.24) is 0 Å². The molecule has 0 aromatic carbocycles. The van der Waals surface area contributed by atoms with E-state index in [2.05, 4.69) is 25.2 Å². The first-order valence-electron chi connectivity index (χ1n) is 6.70. The normalized spacial score (nSPS) is 51.7. The Labute approximate surface area is 96.6 Å². The molecule has 4 aliphatic rings. The van der Waals surface area contributed by atoms with E-state index in [0.717, 1.165) is 5.92 Å². The van der Waals surface area contributed by atoms with Crippen LogP contribution in [-0.2, 0) is 4.79 Å². The van der Waals surface area contributed by atoms with E-state index in [1.165, 1.54) is 24.8 Å². The van der Waals surface area contributed by atoms with Gasteiger partial charge in [-0.25, -0.2) is 0 Å². The summed E-state index contributed by atoms with van der Waals surface area (Å²) in [5.74, 6) is 4.06. The van der Waals surface area contributed by atoms with E-state index in [-0.39, 0.29) is 0 Å². The Morgan fingerprint density at radius 3 is 2.69 bits per heavy atom. The molecule has 1 heteroatoms. The fourth-order valence-corrected chi connectivity index (χ4v) is 4.29. The Kier molecular flexibility index (Phi) is 1.66. The highest BCUT2D eigenvalue weighted by Gasteiger charge is 2.56. The Morgan fingerprint density at radius 2 is 2.00 bits per heavy atom. The van der Waals surface area contributed by atoms with E-state index in [9.17, 15) is 4.79 Å². The molecule has 0 spiro atoms. The number of rotatable bonds is 1. The molecule has 0 aromatic heterocycles. The molecule has 2 bridgehead atoms. The van der Waals surface area contributed by atoms with Gasteiger partial charge < -0.3 is 0 Å². The zero-order valence-electron chi connectivity index (χ0n) is 9.73. The number of Topliss-reactive ketones (excluding diaryl/α,β-unsaturated/α-hetero) is 1. The van der Waals surface area contributed by atoms with Gasteiger partial charge in [-0.3, -0.25) is 4.79 Å². The third-order valence-electron chi connectivity index (χ3n) is 5.21. The molecule has 0 unspecified atom stereocenters. The van der Waals surface area contributed by atoms with Gasteiger partial charge in [0.1, 0.15) is 0 Å². The van der Waals surface area contributed by atoms with Crippen molar-refractivity contribution in [3.8, 4) is 0 Å². The van der Waals surface area contributed by atoms with Crippen LogP contribution >= 0.6 is 0 Å². The Bertz CT molecular complexity index is 413. The summed E-state index contributed by atoms with van der Waals surface area (Å²) in [5, 5.41) is 0. The van der Waals surface area contributed by atoms with Gasteiger partial charge in [0.2, 0.25) is 0 Å². The first-order chi connectivity index (χ1) is 7.75. The molecule has 4 rings (SSSR count). The van der Waals surface area contributed by atoms with E-state index < -0.39 is 0 Å². The van der Waals surface area contributed by atoms with Gasteiger partial charge in [0.15, 0.2) is 5.78 Å². The second-order valence-corrected chi connectivity index (χ2v) is 6.16. The van der Waals surface area contributed by atoms with Crippen LogP contribution in [0.1, 0.15) is 26.2 Å². The zero-order valence-corrected chi connectivity index (χ0v) is 9.73. The molecule has 16 heavy (non-hydrogen) atoms. The smallest absolute Gasteiger partial charge is 0.162 e. The first kappa shape index (κ1) is 9.21. The number of carbonyl (C=O) groups excluding carboxylic acids is 1. The van der Waals surface area contributed by atoms with Crippen LogP contribution in [0, 0.1) is 35.5 Å². The third-order valence-corrected chi connectivity index (χ3v) is 5.21. The first-order valence-corrected chi connectivity index (χ1v) is 6.70. The second kappa shape index (κ2) is 2.88. The third kappa shape index (κ3) is 1.04. The average Bonchev–Trinajstić information content (AvgIpc) is 2.77. The van der Waals surface area contributed by atoms with Crippen LogP contribution in [0.25, 0.3) is 0 Å². The highest BCUT2D eigenvalue weighted by molar-refractivity contribution is 6.01. The maximum absolute atomic E-state index is 12.4. The van der Waals surface area contributed by atoms with E-state index in [1.54, 1.807) is 0 Å². The van der Waals surface area contributed by atoms with Crippen LogP contribution < -0.4 is 0 Å². The molecule has 0 heterocycles. The highest BCUT2D eigenvalue weighted by atomic mass is 16.1. The minimum absolute atomic E-state index is 0.356. The fourth-order valence-electron chi connectivity index (χ4n) is 4.29. The summed E-state index contributed by atoms with van der Waals surface area (Å²) in [6, 6.07) is 0. The summed E-state index contributed by atoms with van der Waals surface area (Å²) in [5.41, 5.74) is 1.19. The van der Waals surface area contributed by atoms with Crippen molar-refractivity contribution >= 4 is 5.78 Å². The van der Waals surface area contributed by atoms with Gasteiger partial charge in [-0.05, 0) is 54.4 Å². The SMILES string of the molecule is C[C@@H]1/C(=C/C2CC2)C(=O)[C@@H]2[C@H]1[C@@H]1C=C[C@H]2C1. The second-order valence-electron chi connectivity index (χ2n) is 6.16. The molecule has 84 valence electrons. The van der Waals surface area contributed by atoms with Crippen molar-refractivity contribution in [2.45, 2.75) is 26.2 Å². The van der Waals surface area contributed by atoms with E-state index in [0.29, 0.717) is 35.4 Å². The van der Waals surface area contributed by atoms with Crippen molar-refractivity contribution in [2.24, 2.45) is 35.5 Å². The van der Waals surface area contributed by atoms with Gasteiger partial charge in [-0.15, -0.1) is 0 Å². The van der Waals surface area contributed by atoms with Crippen LogP contribution in [-0.4, -0.2) is 5.78 Å². The summed E-state index contributed by atoms with van der Waals surface area (Å²) in [7, 11) is 0. The average molecular weight is 214 g/mol. The minimum atomic E-state index is 0.356. The molecule has 3 fully saturated rings. The number of hydrogen-bond acceptors (Lipinski definition) is 1. The van der Waals surface area contributed by atoms with Crippen molar-refractivity contribution in [3.63, 3.8) is 0 Å². The lowest BCUT2D eigenvalue weighted by atomic mass is 9.81. The Morgan fingerprint density at radius 1 is 1.25 bits per heavy atom. The molecule has 4 aliphatic carbocycles. The molecule has 1 nitrogen and oxygen atoms in total. The number of allylic oxidation sites excluding steroid dienone is 4. The largest absolute Gasteiger partial charge is 0.294 e. The predicted octanol–water partition coefficient (Wildman–Crippen LogP) is 2.98. The molecule has 0 radical (unpaired) electrons. The van der Waals surface area contributed by atoms with Crippen molar-refractivity contribution in [2.75, 3.05) is 0 Å². The number of carbonyl (C=O) groups is 1. The Hall–Kier alpha value is -0.850. The minimum Gasteiger partial charge on any atom is -0.294 e. The van der Waals surface area contributed by atoms with E-state index in [4.69, 9.17) is 0 Å². The molecular weight excluding hydrogens is 196 g/mol. The van der Waals surface area contributed by atoms with Crippen LogP contribution in [0.5, 0.6) is 0 Å².